The lowest BCUT2D eigenvalue weighted by Gasteiger charge is -2.51. The first-order valence-corrected chi connectivity index (χ1v) is 38.6. The SMILES string of the molecule is C[C@@H]1O[C@@H](O[C@H]2[C@H](O[C@H]3[C@H](O[C@@H]4O[C@@H](C)[C@@H](OCc5ccccc5)[C@@H](OCc5ccccc5)[C@@H]4OCc4ccccc4)C=CO[C@@H]3COCc3ccccc3)O[C@H](COCc3ccccc3)[C@H](OCc3ccccc3)[C@@H]2OCc2ccccc2)[C@@H](OCc2ccccc2)[C@H](OCc2ccccc2)[C@@H]1OCc1ccccc1. The Labute approximate surface area is 652 Å². The van der Waals surface area contributed by atoms with E-state index in [0.717, 1.165) is 55.6 Å². The summed E-state index contributed by atoms with van der Waals surface area (Å²) in [6, 6.07) is 100. The predicted octanol–water partition coefficient (Wildman–Crippen LogP) is 16.4. The number of hydrogen-bond donors (Lipinski definition) is 0. The van der Waals surface area contributed by atoms with Crippen molar-refractivity contribution in [2.24, 2.45) is 0 Å². The summed E-state index contributed by atoms with van der Waals surface area (Å²) < 4.78 is 123. The second-order valence-corrected chi connectivity index (χ2v) is 28.4. The monoisotopic (exact) mass is 1500 g/mol. The van der Waals surface area contributed by atoms with Crippen LogP contribution in [-0.2, 0) is 147 Å². The van der Waals surface area contributed by atoms with Crippen molar-refractivity contribution in [1.29, 1.82) is 0 Å². The van der Waals surface area contributed by atoms with Crippen LogP contribution in [0.4, 0.5) is 0 Å². The molecule has 0 aromatic heterocycles. The van der Waals surface area contributed by atoms with Crippen molar-refractivity contribution in [2.45, 2.75) is 190 Å². The van der Waals surface area contributed by atoms with Crippen LogP contribution in [0.3, 0.4) is 0 Å². The minimum Gasteiger partial charge on any atom is -0.493 e. The number of ether oxygens (including phenoxy) is 17. The van der Waals surface area contributed by atoms with Gasteiger partial charge >= 0.3 is 0 Å². The standard InChI is InChI=1S/C94H100O17/c1-67-82(98-57-71-37-17-5-18-38-71)86(101-60-74-43-23-8-24-44-74)89(104-63-77-49-29-11-30-50-77)92(106-67)108-79-53-54-97-80(65-95-55-69-33-13-3-14-34-69)84(79)110-94-91(88(103-62-76-47-27-10-28-48-76)85(100-59-73-41-21-7-22-42-73)81(109-94)66-96-56-70-35-15-4-16-36-70)111-93-90(105-64-78-51-31-12-32-52-78)87(102-61-75-45-25-9-26-46-75)83(68(2)107-93)99-58-72-39-19-6-20-40-72/h3-54,67-68,79-94H,55-66H2,1-2H3/t67-,68-,79+,80+,81+,82+,83+,84-,85-,86+,87+,88-,89-,90-,91+,92-,93-,94-/m0/s1. The lowest BCUT2D eigenvalue weighted by Crippen LogP contribution is -2.67. The number of rotatable bonds is 38. The van der Waals surface area contributed by atoms with Gasteiger partial charge in [0.2, 0.25) is 0 Å². The molecule has 0 saturated carbocycles. The van der Waals surface area contributed by atoms with Crippen molar-refractivity contribution in [3.63, 3.8) is 0 Å². The summed E-state index contributed by atoms with van der Waals surface area (Å²) in [5.74, 6) is 0. The maximum atomic E-state index is 7.88. The maximum absolute atomic E-state index is 7.88. The molecular formula is C94H100O17. The highest BCUT2D eigenvalue weighted by molar-refractivity contribution is 5.22. The highest BCUT2D eigenvalue weighted by atomic mass is 16.8. The minimum atomic E-state index is -1.38. The summed E-state index contributed by atoms with van der Waals surface area (Å²) in [5.41, 5.74) is 9.52. The van der Waals surface area contributed by atoms with Crippen molar-refractivity contribution in [2.75, 3.05) is 13.2 Å². The quantitative estimate of drug-likeness (QED) is 0.0360. The number of benzene rings is 10. The zero-order valence-electron chi connectivity index (χ0n) is 62.8. The van der Waals surface area contributed by atoms with Crippen LogP contribution in [0.2, 0.25) is 0 Å². The van der Waals surface area contributed by atoms with E-state index in [1.165, 1.54) is 0 Å². The molecule has 0 spiro atoms. The lowest BCUT2D eigenvalue weighted by molar-refractivity contribution is -0.392. The fourth-order valence-electron chi connectivity index (χ4n) is 14.4. The van der Waals surface area contributed by atoms with Crippen LogP contribution in [0.5, 0.6) is 0 Å². The molecule has 578 valence electrons. The van der Waals surface area contributed by atoms with Crippen molar-refractivity contribution in [1.82, 2.24) is 0 Å². The molecule has 111 heavy (non-hydrogen) atoms. The molecule has 0 amide bonds. The first-order chi connectivity index (χ1) is 54.9. The van der Waals surface area contributed by atoms with E-state index in [1.54, 1.807) is 6.26 Å². The van der Waals surface area contributed by atoms with E-state index in [0.29, 0.717) is 0 Å². The summed E-state index contributed by atoms with van der Waals surface area (Å²) in [6.07, 6.45) is -13.3. The van der Waals surface area contributed by atoms with E-state index in [-0.39, 0.29) is 79.3 Å². The van der Waals surface area contributed by atoms with Gasteiger partial charge in [0.25, 0.3) is 0 Å². The zero-order valence-corrected chi connectivity index (χ0v) is 62.8. The second kappa shape index (κ2) is 41.6. The molecule has 0 bridgehead atoms. The third kappa shape index (κ3) is 22.7. The molecule has 0 aliphatic carbocycles. The Hall–Kier alpha value is -8.90. The third-order valence-corrected chi connectivity index (χ3v) is 20.2. The second-order valence-electron chi connectivity index (χ2n) is 28.4. The molecule has 4 aliphatic rings. The molecule has 4 aliphatic heterocycles. The van der Waals surface area contributed by atoms with Crippen LogP contribution in [0.15, 0.2) is 316 Å². The lowest BCUT2D eigenvalue weighted by atomic mass is 9.95. The van der Waals surface area contributed by atoms with Gasteiger partial charge in [-0.3, -0.25) is 0 Å². The zero-order chi connectivity index (χ0) is 75.4. The average Bonchev–Trinajstić information content (AvgIpc) is 0.773. The Morgan fingerprint density at radius 3 is 0.793 bits per heavy atom. The summed E-state index contributed by atoms with van der Waals surface area (Å²) in [6.45, 7) is 6.20. The predicted molar refractivity (Wildman–Crippen MR) is 418 cm³/mol. The Balaban J connectivity index is 0.878. The van der Waals surface area contributed by atoms with Gasteiger partial charge in [-0.05, 0) is 75.6 Å². The van der Waals surface area contributed by atoms with E-state index in [1.807, 2.05) is 323 Å². The van der Waals surface area contributed by atoms with Crippen molar-refractivity contribution in [3.05, 3.63) is 371 Å². The summed E-state index contributed by atoms with van der Waals surface area (Å²) in [4.78, 5) is 0. The van der Waals surface area contributed by atoms with E-state index in [2.05, 4.69) is 0 Å². The van der Waals surface area contributed by atoms with Gasteiger partial charge in [-0.25, -0.2) is 0 Å². The molecule has 10 aromatic carbocycles. The Morgan fingerprint density at radius 2 is 0.468 bits per heavy atom. The normalized spacial score (nSPS) is 26.6. The van der Waals surface area contributed by atoms with Crippen LogP contribution in [-0.4, -0.2) is 124 Å². The van der Waals surface area contributed by atoms with Crippen molar-refractivity contribution < 1.29 is 80.5 Å². The topological polar surface area (TPSA) is 157 Å². The third-order valence-electron chi connectivity index (χ3n) is 20.2. The van der Waals surface area contributed by atoms with Crippen LogP contribution < -0.4 is 0 Å². The highest BCUT2D eigenvalue weighted by Gasteiger charge is 2.57. The molecule has 3 fully saturated rings. The van der Waals surface area contributed by atoms with Crippen LogP contribution in [0.1, 0.15) is 69.5 Å². The van der Waals surface area contributed by atoms with Gasteiger partial charge in [-0.2, -0.15) is 0 Å². The Kier molecular flexibility index (Phi) is 29.5. The van der Waals surface area contributed by atoms with Crippen molar-refractivity contribution >= 4 is 0 Å². The molecule has 3 saturated heterocycles. The van der Waals surface area contributed by atoms with E-state index >= 15 is 0 Å². The molecular weight excluding hydrogens is 1400 g/mol. The maximum Gasteiger partial charge on any atom is 0.187 e. The average molecular weight is 1500 g/mol. The summed E-state index contributed by atoms with van der Waals surface area (Å²) >= 11 is 0. The van der Waals surface area contributed by atoms with Gasteiger partial charge in [0.05, 0.1) is 97.8 Å². The molecule has 0 unspecified atom stereocenters. The van der Waals surface area contributed by atoms with Crippen molar-refractivity contribution in [3.8, 4) is 0 Å². The largest absolute Gasteiger partial charge is 0.493 e. The van der Waals surface area contributed by atoms with Crippen LogP contribution in [0, 0.1) is 0 Å². The van der Waals surface area contributed by atoms with Gasteiger partial charge in [-0.15, -0.1) is 0 Å². The Morgan fingerprint density at radius 1 is 0.225 bits per heavy atom. The fraction of sp³-hybridized carbons (Fsp3) is 0.340. The van der Waals surface area contributed by atoms with Gasteiger partial charge in [-0.1, -0.05) is 303 Å². The first-order valence-electron chi connectivity index (χ1n) is 38.6. The van der Waals surface area contributed by atoms with E-state index in [4.69, 9.17) is 80.5 Å². The molecule has 14 rings (SSSR count). The van der Waals surface area contributed by atoms with E-state index in [9.17, 15) is 0 Å². The molecule has 17 heteroatoms. The van der Waals surface area contributed by atoms with E-state index < -0.39 is 110 Å². The molecule has 4 heterocycles. The van der Waals surface area contributed by atoms with Gasteiger partial charge in [0.1, 0.15) is 73.2 Å². The van der Waals surface area contributed by atoms with Gasteiger partial charge in [0, 0.05) is 0 Å². The van der Waals surface area contributed by atoms with Gasteiger partial charge in [0.15, 0.2) is 25.0 Å². The van der Waals surface area contributed by atoms with Crippen LogP contribution in [0.25, 0.3) is 0 Å². The fourth-order valence-corrected chi connectivity index (χ4v) is 14.4. The molecule has 10 aromatic rings. The first kappa shape index (κ1) is 78.8. The highest BCUT2D eigenvalue weighted by Crippen LogP contribution is 2.40. The summed E-state index contributed by atoms with van der Waals surface area (Å²) in [7, 11) is 0. The van der Waals surface area contributed by atoms with Gasteiger partial charge < -0.3 is 80.5 Å². The molecule has 18 atom stereocenters. The molecule has 0 N–H and O–H groups in total. The van der Waals surface area contributed by atoms with Crippen LogP contribution >= 0.6 is 0 Å². The minimum absolute atomic E-state index is 0.0263. The molecule has 0 radical (unpaired) electrons. The Bertz CT molecular complexity index is 4240. The number of hydrogen-bond acceptors (Lipinski definition) is 17. The smallest absolute Gasteiger partial charge is 0.187 e. The molecule has 17 nitrogen and oxygen atoms in total. The summed E-state index contributed by atoms with van der Waals surface area (Å²) in [5, 5.41) is 0.